The Balaban J connectivity index is 2.07. The maximum absolute atomic E-state index is 13.6. The van der Waals surface area contributed by atoms with E-state index in [9.17, 15) is 19.1 Å². The number of carbonyl (C=O) groups is 2. The zero-order chi connectivity index (χ0) is 19.1. The van der Waals surface area contributed by atoms with Crippen molar-refractivity contribution < 1.29 is 24.3 Å². The number of hydrogen-bond donors (Lipinski definition) is 4. The average molecular weight is 358 g/mol. The van der Waals surface area contributed by atoms with Crippen molar-refractivity contribution in [2.24, 2.45) is 0 Å². The summed E-state index contributed by atoms with van der Waals surface area (Å²) in [4.78, 5) is 23.6. The van der Waals surface area contributed by atoms with Crippen LogP contribution in [0.5, 0.6) is 0 Å². The van der Waals surface area contributed by atoms with E-state index in [4.69, 9.17) is 5.21 Å². The number of hydroxylamine groups is 1. The van der Waals surface area contributed by atoms with Crippen LogP contribution in [-0.2, 0) is 4.79 Å². The maximum Gasteiger partial charge on any atom is 0.268 e. The lowest BCUT2D eigenvalue weighted by Gasteiger charge is -2.19. The number of aliphatic hydroxyl groups excluding tert-OH is 1. The SMILES string of the molecule is C[C@@H](O)[C@H](NC(=O)c1ccc(/C=C/c2ccccc2F)cc1)C(=O)NO. The Morgan fingerprint density at radius 3 is 2.31 bits per heavy atom. The first kappa shape index (κ1) is 19.3. The third-order valence-electron chi connectivity index (χ3n) is 3.70. The van der Waals surface area contributed by atoms with Crippen LogP contribution < -0.4 is 10.8 Å². The van der Waals surface area contributed by atoms with Gasteiger partial charge in [-0.25, -0.2) is 9.87 Å². The van der Waals surface area contributed by atoms with Crippen molar-refractivity contribution in [2.75, 3.05) is 0 Å². The summed E-state index contributed by atoms with van der Waals surface area (Å²) in [5.74, 6) is -1.83. The van der Waals surface area contributed by atoms with Gasteiger partial charge in [-0.2, -0.15) is 0 Å². The van der Waals surface area contributed by atoms with E-state index in [0.29, 0.717) is 5.56 Å². The molecule has 136 valence electrons. The number of benzene rings is 2. The smallest absolute Gasteiger partial charge is 0.268 e. The molecule has 0 radical (unpaired) electrons. The Kier molecular flexibility index (Phi) is 6.60. The molecule has 2 atom stereocenters. The summed E-state index contributed by atoms with van der Waals surface area (Å²) in [6, 6.07) is 11.5. The zero-order valence-electron chi connectivity index (χ0n) is 14.0. The standard InChI is InChI=1S/C19H19FN2O4/c1-12(23)17(19(25)22-26)21-18(24)15-10-7-13(8-11-15)6-9-14-4-2-3-5-16(14)20/h2-12,17,23,26H,1H3,(H,21,24)(H,22,25)/b9-6+/t12-,17+/m1/s1. The Hall–Kier alpha value is -3.03. The van der Waals surface area contributed by atoms with Crippen molar-refractivity contribution in [1.82, 2.24) is 10.8 Å². The number of hydrogen-bond acceptors (Lipinski definition) is 4. The summed E-state index contributed by atoms with van der Waals surface area (Å²) in [5, 5.41) is 20.5. The van der Waals surface area contributed by atoms with E-state index in [0.717, 1.165) is 5.56 Å². The molecule has 0 bridgehead atoms. The van der Waals surface area contributed by atoms with Crippen LogP contribution in [-0.4, -0.2) is 34.3 Å². The third-order valence-corrected chi connectivity index (χ3v) is 3.70. The molecule has 6 nitrogen and oxygen atoms in total. The van der Waals surface area contributed by atoms with Crippen LogP contribution in [0.15, 0.2) is 48.5 Å². The molecule has 7 heteroatoms. The summed E-state index contributed by atoms with van der Waals surface area (Å²) in [5.41, 5.74) is 2.87. The van der Waals surface area contributed by atoms with E-state index < -0.39 is 24.0 Å². The molecule has 0 aromatic heterocycles. The summed E-state index contributed by atoms with van der Waals surface area (Å²) in [7, 11) is 0. The van der Waals surface area contributed by atoms with Crippen LogP contribution in [0.2, 0.25) is 0 Å². The van der Waals surface area contributed by atoms with Crippen molar-refractivity contribution in [1.29, 1.82) is 0 Å². The van der Waals surface area contributed by atoms with Crippen molar-refractivity contribution in [3.05, 3.63) is 71.0 Å². The normalized spacial score (nSPS) is 13.2. The molecule has 0 saturated carbocycles. The van der Waals surface area contributed by atoms with E-state index in [1.807, 2.05) is 0 Å². The lowest BCUT2D eigenvalue weighted by Crippen LogP contribution is -2.51. The van der Waals surface area contributed by atoms with Crippen LogP contribution in [0.4, 0.5) is 4.39 Å². The van der Waals surface area contributed by atoms with Crippen LogP contribution in [0.1, 0.15) is 28.4 Å². The monoisotopic (exact) mass is 358 g/mol. The van der Waals surface area contributed by atoms with E-state index in [1.54, 1.807) is 42.5 Å². The van der Waals surface area contributed by atoms with Crippen molar-refractivity contribution in [3.8, 4) is 0 Å². The van der Waals surface area contributed by atoms with Crippen molar-refractivity contribution >= 4 is 24.0 Å². The topological polar surface area (TPSA) is 98.7 Å². The second-order valence-electron chi connectivity index (χ2n) is 5.64. The molecule has 2 aromatic rings. The highest BCUT2D eigenvalue weighted by atomic mass is 19.1. The Bertz CT molecular complexity index is 803. The van der Waals surface area contributed by atoms with Gasteiger partial charge in [0.05, 0.1) is 6.10 Å². The molecule has 0 saturated heterocycles. The van der Waals surface area contributed by atoms with E-state index >= 15 is 0 Å². The minimum absolute atomic E-state index is 0.268. The second-order valence-corrected chi connectivity index (χ2v) is 5.64. The van der Waals surface area contributed by atoms with E-state index in [-0.39, 0.29) is 11.4 Å². The van der Waals surface area contributed by atoms with Gasteiger partial charge in [-0.05, 0) is 30.7 Å². The van der Waals surface area contributed by atoms with E-state index in [1.165, 1.54) is 30.6 Å². The lowest BCUT2D eigenvalue weighted by atomic mass is 10.1. The van der Waals surface area contributed by atoms with Gasteiger partial charge in [0.1, 0.15) is 11.9 Å². The van der Waals surface area contributed by atoms with Gasteiger partial charge in [0.2, 0.25) is 0 Å². The first-order valence-corrected chi connectivity index (χ1v) is 7.88. The summed E-state index contributed by atoms with van der Waals surface area (Å²) in [6.45, 7) is 1.32. The van der Waals surface area contributed by atoms with Gasteiger partial charge in [0, 0.05) is 11.1 Å². The molecular weight excluding hydrogens is 339 g/mol. The molecule has 2 rings (SSSR count). The van der Waals surface area contributed by atoms with Gasteiger partial charge in [0.15, 0.2) is 0 Å². The lowest BCUT2D eigenvalue weighted by molar-refractivity contribution is -0.133. The maximum atomic E-state index is 13.6. The van der Waals surface area contributed by atoms with Gasteiger partial charge >= 0.3 is 0 Å². The average Bonchev–Trinajstić information content (AvgIpc) is 2.64. The molecule has 0 heterocycles. The molecular formula is C19H19FN2O4. The van der Waals surface area contributed by atoms with Gasteiger partial charge in [-0.3, -0.25) is 14.8 Å². The molecule has 0 unspecified atom stereocenters. The largest absolute Gasteiger partial charge is 0.391 e. The van der Waals surface area contributed by atoms with Gasteiger partial charge in [-0.15, -0.1) is 0 Å². The molecule has 0 aliphatic rings. The fourth-order valence-corrected chi connectivity index (χ4v) is 2.24. The highest BCUT2D eigenvalue weighted by Crippen LogP contribution is 2.13. The Morgan fingerprint density at radius 1 is 1.08 bits per heavy atom. The van der Waals surface area contributed by atoms with Gasteiger partial charge < -0.3 is 10.4 Å². The molecule has 2 aromatic carbocycles. The highest BCUT2D eigenvalue weighted by Gasteiger charge is 2.25. The van der Waals surface area contributed by atoms with Crippen LogP contribution in [0.3, 0.4) is 0 Å². The van der Waals surface area contributed by atoms with Gasteiger partial charge in [0.25, 0.3) is 11.8 Å². The fourth-order valence-electron chi connectivity index (χ4n) is 2.24. The van der Waals surface area contributed by atoms with Crippen LogP contribution in [0, 0.1) is 5.82 Å². The first-order valence-electron chi connectivity index (χ1n) is 7.88. The molecule has 4 N–H and O–H groups in total. The molecule has 0 fully saturated rings. The number of rotatable bonds is 6. The first-order chi connectivity index (χ1) is 12.4. The summed E-state index contributed by atoms with van der Waals surface area (Å²) < 4.78 is 13.6. The predicted molar refractivity (Wildman–Crippen MR) is 94.6 cm³/mol. The quantitative estimate of drug-likeness (QED) is 0.360. The number of halogens is 1. The van der Waals surface area contributed by atoms with Crippen LogP contribution in [0.25, 0.3) is 12.2 Å². The predicted octanol–water partition coefficient (Wildman–Crippen LogP) is 1.98. The molecule has 0 aliphatic carbocycles. The Labute approximate surface area is 149 Å². The number of carbonyl (C=O) groups excluding carboxylic acids is 2. The Morgan fingerprint density at radius 2 is 1.73 bits per heavy atom. The molecule has 26 heavy (non-hydrogen) atoms. The van der Waals surface area contributed by atoms with Crippen LogP contribution >= 0.6 is 0 Å². The summed E-state index contributed by atoms with van der Waals surface area (Å²) >= 11 is 0. The molecule has 2 amide bonds. The number of amides is 2. The zero-order valence-corrected chi connectivity index (χ0v) is 14.0. The van der Waals surface area contributed by atoms with Crippen molar-refractivity contribution in [3.63, 3.8) is 0 Å². The third kappa shape index (κ3) is 4.98. The minimum Gasteiger partial charge on any atom is -0.391 e. The van der Waals surface area contributed by atoms with Crippen molar-refractivity contribution in [2.45, 2.75) is 19.1 Å². The summed E-state index contributed by atoms with van der Waals surface area (Å²) in [6.07, 6.45) is 2.14. The van der Waals surface area contributed by atoms with E-state index in [2.05, 4.69) is 5.32 Å². The highest BCUT2D eigenvalue weighted by molar-refractivity contribution is 5.97. The van der Waals surface area contributed by atoms with Gasteiger partial charge in [-0.1, -0.05) is 42.5 Å². The number of nitrogens with one attached hydrogen (secondary N) is 2. The molecule has 0 spiro atoms. The minimum atomic E-state index is -1.28. The molecule has 0 aliphatic heterocycles. The second kappa shape index (κ2) is 8.89. The fraction of sp³-hybridized carbons (Fsp3) is 0.158. The number of aliphatic hydroxyl groups is 1.